The SMILES string of the molecule is CC(C)(O)c1noc2cc(F)c(I)cc12. The number of halogens is 2. The second-order valence-corrected chi connectivity index (χ2v) is 5.01. The minimum absolute atomic E-state index is 0.346. The fourth-order valence-electron chi connectivity index (χ4n) is 1.37. The highest BCUT2D eigenvalue weighted by Crippen LogP contribution is 2.29. The first-order valence-electron chi connectivity index (χ1n) is 4.37. The summed E-state index contributed by atoms with van der Waals surface area (Å²) in [4.78, 5) is 0. The molecule has 0 amide bonds. The van der Waals surface area contributed by atoms with Crippen LogP contribution >= 0.6 is 22.6 Å². The van der Waals surface area contributed by atoms with Gasteiger partial charge in [0.2, 0.25) is 0 Å². The lowest BCUT2D eigenvalue weighted by molar-refractivity contribution is 0.0716. The number of benzene rings is 1. The van der Waals surface area contributed by atoms with Crippen molar-refractivity contribution < 1.29 is 14.0 Å². The lowest BCUT2D eigenvalue weighted by Gasteiger charge is -2.13. The van der Waals surface area contributed by atoms with E-state index in [-0.39, 0.29) is 5.82 Å². The molecule has 15 heavy (non-hydrogen) atoms. The zero-order valence-corrected chi connectivity index (χ0v) is 10.4. The summed E-state index contributed by atoms with van der Waals surface area (Å²) < 4.78 is 18.6. The smallest absolute Gasteiger partial charge is 0.170 e. The monoisotopic (exact) mass is 321 g/mol. The molecule has 0 aliphatic carbocycles. The van der Waals surface area contributed by atoms with Crippen LogP contribution in [0.15, 0.2) is 16.7 Å². The Balaban J connectivity index is 2.75. The van der Waals surface area contributed by atoms with Crippen LogP contribution in [-0.4, -0.2) is 10.3 Å². The Kier molecular flexibility index (Phi) is 2.46. The highest BCUT2D eigenvalue weighted by atomic mass is 127. The highest BCUT2D eigenvalue weighted by molar-refractivity contribution is 14.1. The average Bonchev–Trinajstić information content (AvgIpc) is 2.47. The molecule has 0 radical (unpaired) electrons. The molecule has 1 heterocycles. The first kappa shape index (κ1) is 10.8. The second kappa shape index (κ2) is 3.41. The van der Waals surface area contributed by atoms with Crippen LogP contribution in [-0.2, 0) is 5.60 Å². The van der Waals surface area contributed by atoms with E-state index in [9.17, 15) is 9.50 Å². The Morgan fingerprint density at radius 1 is 1.47 bits per heavy atom. The van der Waals surface area contributed by atoms with Crippen LogP contribution in [0, 0.1) is 9.39 Å². The molecule has 1 aromatic heterocycles. The predicted octanol–water partition coefficient (Wildman–Crippen LogP) is 2.80. The quantitative estimate of drug-likeness (QED) is 0.822. The van der Waals surface area contributed by atoms with E-state index >= 15 is 0 Å². The first-order valence-corrected chi connectivity index (χ1v) is 5.45. The van der Waals surface area contributed by atoms with Crippen LogP contribution in [0.3, 0.4) is 0 Å². The molecule has 0 fully saturated rings. The maximum atomic E-state index is 13.2. The van der Waals surface area contributed by atoms with E-state index < -0.39 is 5.60 Å². The van der Waals surface area contributed by atoms with E-state index in [1.54, 1.807) is 19.9 Å². The first-order chi connectivity index (χ1) is 6.89. The molecule has 2 rings (SSSR count). The van der Waals surface area contributed by atoms with Crippen LogP contribution in [0.1, 0.15) is 19.5 Å². The molecule has 0 saturated heterocycles. The van der Waals surface area contributed by atoms with Gasteiger partial charge in [-0.1, -0.05) is 5.16 Å². The van der Waals surface area contributed by atoms with Gasteiger partial charge in [-0.15, -0.1) is 0 Å². The van der Waals surface area contributed by atoms with E-state index in [0.29, 0.717) is 20.2 Å². The summed E-state index contributed by atoms with van der Waals surface area (Å²) in [5.41, 5.74) is -0.313. The lowest BCUT2D eigenvalue weighted by atomic mass is 10.0. The van der Waals surface area contributed by atoms with Gasteiger partial charge in [-0.2, -0.15) is 0 Å². The zero-order chi connectivity index (χ0) is 11.2. The second-order valence-electron chi connectivity index (χ2n) is 3.85. The Morgan fingerprint density at radius 3 is 2.73 bits per heavy atom. The fourth-order valence-corrected chi connectivity index (χ4v) is 1.84. The molecule has 80 valence electrons. The molecule has 5 heteroatoms. The molecule has 0 bridgehead atoms. The van der Waals surface area contributed by atoms with E-state index in [0.717, 1.165) is 0 Å². The molecule has 0 unspecified atom stereocenters. The van der Waals surface area contributed by atoms with Crippen molar-refractivity contribution in [3.63, 3.8) is 0 Å². The van der Waals surface area contributed by atoms with Gasteiger partial charge in [0.25, 0.3) is 0 Å². The fraction of sp³-hybridized carbons (Fsp3) is 0.300. The van der Waals surface area contributed by atoms with E-state index in [4.69, 9.17) is 4.52 Å². The van der Waals surface area contributed by atoms with Crippen LogP contribution in [0.4, 0.5) is 4.39 Å². The normalized spacial score (nSPS) is 12.3. The van der Waals surface area contributed by atoms with Gasteiger partial charge < -0.3 is 9.63 Å². The van der Waals surface area contributed by atoms with Gasteiger partial charge in [-0.3, -0.25) is 0 Å². The Morgan fingerprint density at radius 2 is 2.13 bits per heavy atom. The van der Waals surface area contributed by atoms with Crippen molar-refractivity contribution in [2.24, 2.45) is 0 Å². The van der Waals surface area contributed by atoms with Gasteiger partial charge in [0, 0.05) is 15.0 Å². The number of aromatic nitrogens is 1. The van der Waals surface area contributed by atoms with Crippen molar-refractivity contribution in [1.29, 1.82) is 0 Å². The summed E-state index contributed by atoms with van der Waals surface area (Å²) >= 11 is 1.89. The summed E-state index contributed by atoms with van der Waals surface area (Å²) in [5.74, 6) is -0.346. The summed E-state index contributed by atoms with van der Waals surface area (Å²) in [6, 6.07) is 2.90. The summed E-state index contributed by atoms with van der Waals surface area (Å²) in [7, 11) is 0. The molecule has 3 nitrogen and oxygen atoms in total. The van der Waals surface area contributed by atoms with Gasteiger partial charge in [0.15, 0.2) is 5.58 Å². The zero-order valence-electron chi connectivity index (χ0n) is 8.21. The number of hydrogen-bond acceptors (Lipinski definition) is 3. The van der Waals surface area contributed by atoms with Crippen molar-refractivity contribution in [3.8, 4) is 0 Å². The van der Waals surface area contributed by atoms with Gasteiger partial charge in [0.1, 0.15) is 17.1 Å². The van der Waals surface area contributed by atoms with Gasteiger partial charge >= 0.3 is 0 Å². The summed E-state index contributed by atoms with van der Waals surface area (Å²) in [5, 5.41) is 14.2. The topological polar surface area (TPSA) is 46.3 Å². The maximum Gasteiger partial charge on any atom is 0.170 e. The molecule has 0 spiro atoms. The van der Waals surface area contributed by atoms with E-state index in [1.807, 2.05) is 22.6 Å². The Labute approximate surface area is 99.4 Å². The van der Waals surface area contributed by atoms with Crippen LogP contribution < -0.4 is 0 Å². The average molecular weight is 321 g/mol. The van der Waals surface area contributed by atoms with Gasteiger partial charge in [-0.05, 0) is 42.5 Å². The van der Waals surface area contributed by atoms with E-state index in [2.05, 4.69) is 5.16 Å². The molecule has 0 atom stereocenters. The van der Waals surface area contributed by atoms with Crippen molar-refractivity contribution in [1.82, 2.24) is 5.16 Å². The van der Waals surface area contributed by atoms with Crippen molar-refractivity contribution in [2.45, 2.75) is 19.4 Å². The third kappa shape index (κ3) is 1.85. The summed E-state index contributed by atoms with van der Waals surface area (Å²) in [6.45, 7) is 3.22. The number of fused-ring (bicyclic) bond motifs is 1. The highest BCUT2D eigenvalue weighted by Gasteiger charge is 2.24. The number of nitrogens with zero attached hydrogens (tertiary/aromatic N) is 1. The molecular weight excluding hydrogens is 312 g/mol. The maximum absolute atomic E-state index is 13.2. The molecule has 0 saturated carbocycles. The number of aliphatic hydroxyl groups is 1. The van der Waals surface area contributed by atoms with Crippen molar-refractivity contribution in [3.05, 3.63) is 27.2 Å². The van der Waals surface area contributed by atoms with Crippen LogP contribution in [0.25, 0.3) is 11.0 Å². The standard InChI is InChI=1S/C10H9FINO2/c1-10(2,14)9-5-3-7(12)6(11)4-8(5)15-13-9/h3-4,14H,1-2H3. The van der Waals surface area contributed by atoms with Crippen molar-refractivity contribution >= 4 is 33.6 Å². The van der Waals surface area contributed by atoms with Gasteiger partial charge in [-0.25, -0.2) is 4.39 Å². The lowest BCUT2D eigenvalue weighted by Crippen LogP contribution is -2.16. The van der Waals surface area contributed by atoms with Crippen molar-refractivity contribution in [2.75, 3.05) is 0 Å². The van der Waals surface area contributed by atoms with Crippen LogP contribution in [0.2, 0.25) is 0 Å². The molecule has 1 N–H and O–H groups in total. The molecule has 2 aromatic rings. The Bertz CT molecular complexity index is 516. The molecular formula is C10H9FINO2. The minimum Gasteiger partial charge on any atom is -0.384 e. The third-order valence-electron chi connectivity index (χ3n) is 2.09. The molecule has 0 aliphatic heterocycles. The van der Waals surface area contributed by atoms with Gasteiger partial charge in [0.05, 0.1) is 0 Å². The largest absolute Gasteiger partial charge is 0.384 e. The van der Waals surface area contributed by atoms with E-state index in [1.165, 1.54) is 6.07 Å². The summed E-state index contributed by atoms with van der Waals surface area (Å²) in [6.07, 6.45) is 0. The Hall–Kier alpha value is -0.690. The number of rotatable bonds is 1. The predicted molar refractivity (Wildman–Crippen MR) is 61.9 cm³/mol. The third-order valence-corrected chi connectivity index (χ3v) is 2.92. The minimum atomic E-state index is -1.09. The van der Waals surface area contributed by atoms with Crippen LogP contribution in [0.5, 0.6) is 0 Å². The molecule has 1 aromatic carbocycles. The number of hydrogen-bond donors (Lipinski definition) is 1. The molecule has 0 aliphatic rings.